The Balaban J connectivity index is 1.42. The lowest BCUT2D eigenvalue weighted by Gasteiger charge is -2.35. The van der Waals surface area contributed by atoms with Crippen molar-refractivity contribution in [1.82, 2.24) is 24.8 Å². The van der Waals surface area contributed by atoms with Crippen LogP contribution in [0.25, 0.3) is 11.4 Å². The third-order valence-corrected chi connectivity index (χ3v) is 6.51. The van der Waals surface area contributed by atoms with E-state index in [1.54, 1.807) is 24.2 Å². The van der Waals surface area contributed by atoms with Gasteiger partial charge in [0, 0.05) is 51.9 Å². The van der Waals surface area contributed by atoms with E-state index in [1.807, 2.05) is 6.92 Å². The van der Waals surface area contributed by atoms with Gasteiger partial charge in [0.15, 0.2) is 17.4 Å². The summed E-state index contributed by atoms with van der Waals surface area (Å²) in [5.41, 5.74) is 2.70. The summed E-state index contributed by atoms with van der Waals surface area (Å²) in [6.45, 7) is 6.07. The summed E-state index contributed by atoms with van der Waals surface area (Å²) in [7, 11) is 0. The predicted molar refractivity (Wildman–Crippen MR) is 131 cm³/mol. The molecule has 0 bridgehead atoms. The Labute approximate surface area is 213 Å². The maximum atomic E-state index is 14.1. The number of carbonyl (C=O) groups is 1. The zero-order valence-corrected chi connectivity index (χ0v) is 20.8. The van der Waals surface area contributed by atoms with Crippen LogP contribution < -0.4 is 14.4 Å². The van der Waals surface area contributed by atoms with Crippen LogP contribution in [0.4, 0.5) is 14.6 Å². The van der Waals surface area contributed by atoms with E-state index in [4.69, 9.17) is 19.4 Å². The first kappa shape index (κ1) is 24.8. The summed E-state index contributed by atoms with van der Waals surface area (Å²) in [4.78, 5) is 34.6. The molecular weight excluding hydrogens is 482 g/mol. The number of carbonyl (C=O) groups excluding carboxylic acids is 1. The molecule has 0 radical (unpaired) electrons. The Morgan fingerprint density at radius 2 is 1.89 bits per heavy atom. The minimum Gasteiger partial charge on any atom is -0.487 e. The van der Waals surface area contributed by atoms with Crippen LogP contribution in [-0.4, -0.2) is 63.1 Å². The van der Waals surface area contributed by atoms with Crippen molar-refractivity contribution in [2.75, 3.05) is 31.1 Å². The van der Waals surface area contributed by atoms with Crippen molar-refractivity contribution >= 4 is 11.7 Å². The van der Waals surface area contributed by atoms with Crippen molar-refractivity contribution in [2.24, 2.45) is 0 Å². The van der Waals surface area contributed by atoms with Gasteiger partial charge in [-0.25, -0.2) is 23.7 Å². The molecule has 1 saturated heterocycles. The van der Waals surface area contributed by atoms with Gasteiger partial charge >= 0.3 is 0 Å². The molecule has 0 N–H and O–H groups in total. The van der Waals surface area contributed by atoms with Gasteiger partial charge in [0.25, 0.3) is 0 Å². The number of amides is 1. The van der Waals surface area contributed by atoms with Crippen LogP contribution in [0.1, 0.15) is 38.1 Å². The number of anilines is 1. The Morgan fingerprint density at radius 3 is 2.62 bits per heavy atom. The molecule has 0 aliphatic carbocycles. The number of aromatic nitrogens is 4. The number of rotatable bonds is 6. The molecule has 2 aromatic heterocycles. The Morgan fingerprint density at radius 1 is 1.08 bits per heavy atom. The number of hydrogen-bond donors (Lipinski definition) is 0. The number of piperidine rings is 1. The van der Waals surface area contributed by atoms with Gasteiger partial charge < -0.3 is 19.3 Å². The van der Waals surface area contributed by atoms with E-state index in [2.05, 4.69) is 14.9 Å². The number of halogens is 2. The summed E-state index contributed by atoms with van der Waals surface area (Å²) in [6, 6.07) is 3.33. The molecule has 0 unspecified atom stereocenters. The van der Waals surface area contributed by atoms with Crippen molar-refractivity contribution in [3.8, 4) is 23.0 Å². The van der Waals surface area contributed by atoms with E-state index >= 15 is 0 Å². The lowest BCUT2D eigenvalue weighted by Crippen LogP contribution is -2.40. The van der Waals surface area contributed by atoms with Crippen molar-refractivity contribution in [3.05, 3.63) is 53.6 Å². The van der Waals surface area contributed by atoms with Gasteiger partial charge in [0.2, 0.25) is 11.8 Å². The molecule has 1 fully saturated rings. The minimum absolute atomic E-state index is 0.00382. The van der Waals surface area contributed by atoms with E-state index in [-0.39, 0.29) is 17.8 Å². The molecule has 3 aromatic rings. The molecule has 1 aromatic carbocycles. The fourth-order valence-corrected chi connectivity index (χ4v) is 4.60. The third-order valence-electron chi connectivity index (χ3n) is 6.51. The fraction of sp³-hybridized carbons (Fsp3) is 0.423. The number of nitrogens with zero attached hydrogens (tertiary/aromatic N) is 6. The van der Waals surface area contributed by atoms with Crippen LogP contribution in [0.15, 0.2) is 30.6 Å². The van der Waals surface area contributed by atoms with Crippen LogP contribution in [-0.2, 0) is 17.8 Å². The number of fused-ring (bicyclic) bond motifs is 1. The Kier molecular flexibility index (Phi) is 7.11. The number of ether oxygens (including phenoxy) is 2. The van der Waals surface area contributed by atoms with E-state index < -0.39 is 11.6 Å². The Bertz CT molecular complexity index is 1300. The van der Waals surface area contributed by atoms with E-state index in [0.29, 0.717) is 75.1 Å². The number of hydrogen-bond acceptors (Lipinski definition) is 8. The van der Waals surface area contributed by atoms with Crippen LogP contribution in [0.3, 0.4) is 0 Å². The molecule has 0 spiro atoms. The van der Waals surface area contributed by atoms with Crippen LogP contribution in [0.5, 0.6) is 11.6 Å². The van der Waals surface area contributed by atoms with Gasteiger partial charge in [0.05, 0.1) is 36.9 Å². The molecular formula is C26H28F2N6O3. The largest absolute Gasteiger partial charge is 0.487 e. The average molecular weight is 511 g/mol. The summed E-state index contributed by atoms with van der Waals surface area (Å²) < 4.78 is 38.7. The monoisotopic (exact) mass is 510 g/mol. The van der Waals surface area contributed by atoms with Crippen LogP contribution >= 0.6 is 0 Å². The number of benzene rings is 1. The SMILES string of the molecule is CCOc1cncc(-c2nc3c(nc2N2CCC(Oc4ccc(F)cc4F)CC2)CCN(C(C)=O)C3)n1. The molecule has 0 atom stereocenters. The van der Waals surface area contributed by atoms with E-state index in [9.17, 15) is 13.6 Å². The summed E-state index contributed by atoms with van der Waals surface area (Å²) in [6.07, 6.45) is 4.82. The predicted octanol–water partition coefficient (Wildman–Crippen LogP) is 3.56. The highest BCUT2D eigenvalue weighted by Gasteiger charge is 2.29. The van der Waals surface area contributed by atoms with Gasteiger partial charge in [-0.2, -0.15) is 0 Å². The summed E-state index contributed by atoms with van der Waals surface area (Å²) >= 11 is 0. The standard InChI is InChI=1S/C26H28F2N6O3/c1-3-36-24-14-29-13-21(30-24)25-26(32-20-8-11-34(16(2)35)15-22(20)31-25)33-9-6-18(7-10-33)37-23-5-4-17(27)12-19(23)28/h4-5,12-14,18H,3,6-11,15H2,1-2H3. The molecule has 11 heteroatoms. The second-order valence-corrected chi connectivity index (χ2v) is 9.03. The van der Waals surface area contributed by atoms with Crippen molar-refractivity contribution in [1.29, 1.82) is 0 Å². The first-order valence-corrected chi connectivity index (χ1v) is 12.4. The smallest absolute Gasteiger partial charge is 0.232 e. The molecule has 5 rings (SSSR count). The van der Waals surface area contributed by atoms with Crippen LogP contribution in [0.2, 0.25) is 0 Å². The molecule has 4 heterocycles. The second-order valence-electron chi connectivity index (χ2n) is 9.03. The summed E-state index contributed by atoms with van der Waals surface area (Å²) in [5.74, 6) is -0.226. The topological polar surface area (TPSA) is 93.6 Å². The van der Waals surface area contributed by atoms with Gasteiger partial charge in [-0.05, 0) is 19.1 Å². The van der Waals surface area contributed by atoms with E-state index in [1.165, 1.54) is 12.1 Å². The first-order valence-electron chi connectivity index (χ1n) is 12.4. The molecule has 37 heavy (non-hydrogen) atoms. The zero-order valence-electron chi connectivity index (χ0n) is 20.8. The zero-order chi connectivity index (χ0) is 25.9. The van der Waals surface area contributed by atoms with E-state index in [0.717, 1.165) is 17.5 Å². The molecule has 9 nitrogen and oxygen atoms in total. The van der Waals surface area contributed by atoms with Crippen LogP contribution in [0, 0.1) is 11.6 Å². The molecule has 2 aliphatic rings. The van der Waals surface area contributed by atoms with Crippen molar-refractivity contribution in [3.63, 3.8) is 0 Å². The summed E-state index contributed by atoms with van der Waals surface area (Å²) in [5, 5.41) is 0. The minimum atomic E-state index is -0.711. The maximum absolute atomic E-state index is 14.1. The fourth-order valence-electron chi connectivity index (χ4n) is 4.60. The normalized spacial score (nSPS) is 15.9. The van der Waals surface area contributed by atoms with Gasteiger partial charge in [0.1, 0.15) is 23.3 Å². The highest BCUT2D eigenvalue weighted by molar-refractivity contribution is 5.74. The molecule has 1 amide bonds. The second kappa shape index (κ2) is 10.6. The highest BCUT2D eigenvalue weighted by atomic mass is 19.1. The van der Waals surface area contributed by atoms with Gasteiger partial charge in [-0.15, -0.1) is 0 Å². The quantitative estimate of drug-likeness (QED) is 0.497. The van der Waals surface area contributed by atoms with Crippen molar-refractivity contribution in [2.45, 2.75) is 45.8 Å². The first-order chi connectivity index (χ1) is 17.9. The van der Waals surface area contributed by atoms with Gasteiger partial charge in [-0.3, -0.25) is 9.78 Å². The highest BCUT2D eigenvalue weighted by Crippen LogP contribution is 2.32. The third kappa shape index (κ3) is 5.45. The molecule has 2 aliphatic heterocycles. The van der Waals surface area contributed by atoms with Gasteiger partial charge in [-0.1, -0.05) is 0 Å². The maximum Gasteiger partial charge on any atom is 0.232 e. The Hall–Kier alpha value is -3.89. The lowest BCUT2D eigenvalue weighted by molar-refractivity contribution is -0.129. The van der Waals surface area contributed by atoms with Crippen molar-refractivity contribution < 1.29 is 23.0 Å². The average Bonchev–Trinajstić information content (AvgIpc) is 2.90. The lowest BCUT2D eigenvalue weighted by atomic mass is 10.1. The molecule has 0 saturated carbocycles. The molecule has 194 valence electrons.